The fourth-order valence-corrected chi connectivity index (χ4v) is 0.577. The smallest absolute Gasteiger partial charge is 0.324 e. The van der Waals surface area contributed by atoms with Crippen LogP contribution in [0.4, 0.5) is 15.9 Å². The van der Waals surface area contributed by atoms with Gasteiger partial charge in [-0.2, -0.15) is 9.37 Å². The lowest BCUT2D eigenvalue weighted by Gasteiger charge is -1.92. The maximum Gasteiger partial charge on any atom is 0.324 e. The first kappa shape index (κ1) is 7.39. The zero-order valence-electron chi connectivity index (χ0n) is 5.32. The molecular weight excluding hydrogens is 153 g/mol. The molecule has 0 radical (unpaired) electrons. The Kier molecular flexibility index (Phi) is 1.67. The minimum absolute atomic E-state index is 0.0758. The Morgan fingerprint density at radius 2 is 2.27 bits per heavy atom. The Morgan fingerprint density at radius 1 is 1.64 bits per heavy atom. The summed E-state index contributed by atoms with van der Waals surface area (Å²) in [7, 11) is 0. The molecule has 0 aliphatic carbocycles. The average Bonchev–Trinajstić information content (AvgIpc) is 1.85. The monoisotopic (exact) mass is 157 g/mol. The number of nitrogens with zero attached hydrogens (tertiary/aromatic N) is 2. The molecule has 1 rings (SSSR count). The van der Waals surface area contributed by atoms with Gasteiger partial charge in [0.1, 0.15) is 5.82 Å². The molecule has 0 saturated carbocycles. The summed E-state index contributed by atoms with van der Waals surface area (Å²) in [6.07, 6.45) is 0. The third-order valence-electron chi connectivity index (χ3n) is 1.05. The maximum absolute atomic E-state index is 12.5. The van der Waals surface area contributed by atoms with E-state index >= 15 is 0 Å². The molecule has 2 N–H and O–H groups in total. The third-order valence-corrected chi connectivity index (χ3v) is 1.05. The Balaban J connectivity index is 3.20. The fraction of sp³-hybridized carbons (Fsp3) is 0. The van der Waals surface area contributed by atoms with Crippen LogP contribution in [0, 0.1) is 16.1 Å². The summed E-state index contributed by atoms with van der Waals surface area (Å²) in [5, 5.41) is 10.0. The molecule has 1 heterocycles. The van der Waals surface area contributed by atoms with Crippen molar-refractivity contribution in [3.8, 4) is 0 Å². The van der Waals surface area contributed by atoms with Crippen molar-refractivity contribution in [2.45, 2.75) is 0 Å². The molecular formula is C5H4FN3O2. The SMILES string of the molecule is Nc1ccc([N+](=O)[O-])c(F)n1. The van der Waals surface area contributed by atoms with Crippen LogP contribution in [0.1, 0.15) is 0 Å². The van der Waals surface area contributed by atoms with E-state index in [1.165, 1.54) is 6.07 Å². The first-order valence-corrected chi connectivity index (χ1v) is 2.67. The van der Waals surface area contributed by atoms with Gasteiger partial charge in [-0.05, 0) is 6.07 Å². The second-order valence-electron chi connectivity index (χ2n) is 1.80. The molecule has 1 aromatic heterocycles. The van der Waals surface area contributed by atoms with Crippen LogP contribution in [0.3, 0.4) is 0 Å². The molecule has 1 aromatic rings. The van der Waals surface area contributed by atoms with E-state index < -0.39 is 16.6 Å². The molecule has 0 aliphatic rings. The lowest BCUT2D eigenvalue weighted by molar-refractivity contribution is -0.388. The van der Waals surface area contributed by atoms with Crippen LogP contribution < -0.4 is 5.73 Å². The Labute approximate surface area is 60.8 Å². The molecule has 0 amide bonds. The zero-order valence-corrected chi connectivity index (χ0v) is 5.32. The van der Waals surface area contributed by atoms with Crippen LogP contribution >= 0.6 is 0 Å². The van der Waals surface area contributed by atoms with Crippen LogP contribution in [-0.4, -0.2) is 9.91 Å². The lowest BCUT2D eigenvalue weighted by atomic mass is 10.4. The number of rotatable bonds is 1. The van der Waals surface area contributed by atoms with Crippen molar-refractivity contribution < 1.29 is 9.31 Å². The van der Waals surface area contributed by atoms with Gasteiger partial charge >= 0.3 is 5.69 Å². The molecule has 0 fully saturated rings. The summed E-state index contributed by atoms with van der Waals surface area (Å²) < 4.78 is 12.5. The van der Waals surface area contributed by atoms with Gasteiger partial charge in [-0.3, -0.25) is 10.1 Å². The zero-order chi connectivity index (χ0) is 8.43. The van der Waals surface area contributed by atoms with Crippen molar-refractivity contribution in [3.63, 3.8) is 0 Å². The number of pyridine rings is 1. The Morgan fingerprint density at radius 3 is 2.73 bits per heavy atom. The number of halogens is 1. The highest BCUT2D eigenvalue weighted by molar-refractivity contribution is 5.37. The normalized spacial score (nSPS) is 9.55. The standard InChI is InChI=1S/C5H4FN3O2/c6-5-3(9(10)11)1-2-4(7)8-5/h1-2H,(H2,7,8). The van der Waals surface area contributed by atoms with Crippen molar-refractivity contribution in [1.29, 1.82) is 0 Å². The summed E-state index contributed by atoms with van der Waals surface area (Å²) in [6, 6.07) is 2.14. The van der Waals surface area contributed by atoms with Crippen LogP contribution in [0.2, 0.25) is 0 Å². The fourth-order valence-electron chi connectivity index (χ4n) is 0.577. The van der Waals surface area contributed by atoms with E-state index in [0.717, 1.165) is 6.07 Å². The van der Waals surface area contributed by atoms with Gasteiger partial charge in [0, 0.05) is 6.07 Å². The molecule has 0 aromatic carbocycles. The molecule has 6 heteroatoms. The molecule has 11 heavy (non-hydrogen) atoms. The number of hydrogen-bond acceptors (Lipinski definition) is 4. The molecule has 5 nitrogen and oxygen atoms in total. The topological polar surface area (TPSA) is 82.0 Å². The highest BCUT2D eigenvalue weighted by atomic mass is 19.1. The van der Waals surface area contributed by atoms with Gasteiger partial charge in [0.05, 0.1) is 4.92 Å². The lowest BCUT2D eigenvalue weighted by Crippen LogP contribution is -1.98. The summed E-state index contributed by atoms with van der Waals surface area (Å²) in [5.74, 6) is -1.23. The number of nitrogen functional groups attached to an aromatic ring is 1. The quantitative estimate of drug-likeness (QED) is 0.369. The van der Waals surface area contributed by atoms with Crippen molar-refractivity contribution in [1.82, 2.24) is 4.98 Å². The van der Waals surface area contributed by atoms with E-state index in [9.17, 15) is 14.5 Å². The summed E-state index contributed by atoms with van der Waals surface area (Å²) in [4.78, 5) is 12.2. The van der Waals surface area contributed by atoms with Crippen LogP contribution in [0.5, 0.6) is 0 Å². The van der Waals surface area contributed by atoms with Crippen molar-refractivity contribution in [2.24, 2.45) is 0 Å². The third kappa shape index (κ3) is 1.40. The predicted octanol–water partition coefficient (Wildman–Crippen LogP) is 0.711. The van der Waals surface area contributed by atoms with Crippen LogP contribution in [-0.2, 0) is 0 Å². The van der Waals surface area contributed by atoms with E-state index in [-0.39, 0.29) is 5.82 Å². The number of nitro groups is 1. The van der Waals surface area contributed by atoms with E-state index in [1.807, 2.05) is 0 Å². The maximum atomic E-state index is 12.5. The summed E-state index contributed by atoms with van der Waals surface area (Å²) >= 11 is 0. The Bertz CT molecular complexity index is 302. The van der Waals surface area contributed by atoms with E-state index in [1.54, 1.807) is 0 Å². The average molecular weight is 157 g/mol. The van der Waals surface area contributed by atoms with Crippen LogP contribution in [0.15, 0.2) is 12.1 Å². The van der Waals surface area contributed by atoms with Gasteiger partial charge < -0.3 is 5.73 Å². The molecule has 0 bridgehead atoms. The molecule has 0 aliphatic heterocycles. The Hall–Kier alpha value is -1.72. The minimum atomic E-state index is -1.16. The second kappa shape index (κ2) is 2.49. The van der Waals surface area contributed by atoms with Gasteiger partial charge in [-0.25, -0.2) is 0 Å². The highest BCUT2D eigenvalue weighted by Crippen LogP contribution is 2.14. The van der Waals surface area contributed by atoms with Crippen molar-refractivity contribution in [2.75, 3.05) is 5.73 Å². The molecule has 0 spiro atoms. The van der Waals surface area contributed by atoms with Crippen molar-refractivity contribution >= 4 is 11.5 Å². The summed E-state index contributed by atoms with van der Waals surface area (Å²) in [6.45, 7) is 0. The molecule has 0 atom stereocenters. The number of aromatic nitrogens is 1. The van der Waals surface area contributed by atoms with Gasteiger partial charge in [0.25, 0.3) is 5.95 Å². The van der Waals surface area contributed by atoms with Gasteiger partial charge in [0.2, 0.25) is 0 Å². The molecule has 0 unspecified atom stereocenters. The largest absolute Gasteiger partial charge is 0.384 e. The first-order valence-electron chi connectivity index (χ1n) is 2.67. The van der Waals surface area contributed by atoms with Gasteiger partial charge in [-0.1, -0.05) is 0 Å². The van der Waals surface area contributed by atoms with E-state index in [4.69, 9.17) is 5.73 Å². The molecule has 0 saturated heterocycles. The number of nitrogens with two attached hydrogens (primary N) is 1. The highest BCUT2D eigenvalue weighted by Gasteiger charge is 2.13. The number of anilines is 1. The van der Waals surface area contributed by atoms with Crippen LogP contribution in [0.25, 0.3) is 0 Å². The second-order valence-corrected chi connectivity index (χ2v) is 1.80. The minimum Gasteiger partial charge on any atom is -0.384 e. The first-order chi connectivity index (χ1) is 5.11. The summed E-state index contributed by atoms with van der Waals surface area (Å²) in [5.41, 5.74) is 4.39. The predicted molar refractivity (Wildman–Crippen MR) is 35.3 cm³/mol. The van der Waals surface area contributed by atoms with E-state index in [2.05, 4.69) is 4.98 Å². The van der Waals surface area contributed by atoms with Gasteiger partial charge in [0.15, 0.2) is 0 Å². The van der Waals surface area contributed by atoms with E-state index in [0.29, 0.717) is 0 Å². The van der Waals surface area contributed by atoms with Crippen molar-refractivity contribution in [3.05, 3.63) is 28.2 Å². The molecule has 58 valence electrons. The van der Waals surface area contributed by atoms with Gasteiger partial charge in [-0.15, -0.1) is 0 Å². The number of hydrogen-bond donors (Lipinski definition) is 1.